The van der Waals surface area contributed by atoms with Crippen molar-refractivity contribution in [3.05, 3.63) is 48.5 Å². The average molecular weight is 368 g/mol. The van der Waals surface area contributed by atoms with Crippen LogP contribution in [0.2, 0.25) is 0 Å². The first-order chi connectivity index (χ1) is 9.06. The van der Waals surface area contributed by atoms with E-state index in [1.807, 2.05) is 0 Å². The Morgan fingerprint density at radius 2 is 0.895 bits per heavy atom. The maximum atomic E-state index is 2.26. The van der Waals surface area contributed by atoms with Gasteiger partial charge in [0, 0.05) is 0 Å². The van der Waals surface area contributed by atoms with Gasteiger partial charge in [-0.05, 0) is 0 Å². The zero-order chi connectivity index (χ0) is 13.8. The molecule has 0 saturated carbocycles. The fraction of sp³-hybridized carbons (Fsp3) is 0.250. The third-order valence-electron chi connectivity index (χ3n) is 2.94. The normalized spacial score (nSPS) is 10.3. The summed E-state index contributed by atoms with van der Waals surface area (Å²) in [6.45, 7) is 0. The number of hydrogen-bond acceptors (Lipinski definition) is 2. The minimum atomic E-state index is -0.267. The first kappa shape index (κ1) is 14.2. The summed E-state index contributed by atoms with van der Waals surface area (Å²) in [7, 11) is 8.30. The topological polar surface area (TPSA) is 6.48 Å². The van der Waals surface area contributed by atoms with Crippen molar-refractivity contribution in [1.29, 1.82) is 0 Å². The first-order valence-corrected chi connectivity index (χ1v) is 8.62. The third-order valence-corrected chi connectivity index (χ3v) is 5.84. The molecule has 0 bridgehead atoms. The molecule has 2 aromatic rings. The van der Waals surface area contributed by atoms with Crippen molar-refractivity contribution in [2.75, 3.05) is 38.0 Å². The van der Waals surface area contributed by atoms with Gasteiger partial charge in [-0.15, -0.1) is 0 Å². The molecule has 0 fully saturated rings. The quantitative estimate of drug-likeness (QED) is 0.755. The summed E-state index contributed by atoms with van der Waals surface area (Å²) in [5.74, 6) is 0. The molecule has 0 amide bonds. The van der Waals surface area contributed by atoms with Gasteiger partial charge in [-0.3, -0.25) is 0 Å². The molecule has 2 rings (SSSR count). The Balaban J connectivity index is 2.08. The molecular formula is C16H20N2Te. The predicted molar refractivity (Wildman–Crippen MR) is 86.6 cm³/mol. The van der Waals surface area contributed by atoms with Gasteiger partial charge in [0.25, 0.3) is 0 Å². The molecule has 0 aliphatic heterocycles. The standard InChI is InChI=1S/C16H20N2Te/c1-17(2)13-5-9-15(10-6-13)19-16-11-7-14(8-12-16)18(3)4/h5-12H,1-4H3. The fourth-order valence-corrected chi connectivity index (χ4v) is 4.09. The summed E-state index contributed by atoms with van der Waals surface area (Å²) in [5.41, 5.74) is 2.53. The van der Waals surface area contributed by atoms with Crippen molar-refractivity contribution in [1.82, 2.24) is 0 Å². The number of rotatable bonds is 4. The third kappa shape index (κ3) is 3.89. The molecule has 2 nitrogen and oxygen atoms in total. The molecule has 0 spiro atoms. The summed E-state index contributed by atoms with van der Waals surface area (Å²) in [5, 5.41) is 0. The number of hydrogen-bond donors (Lipinski definition) is 0. The molecule has 0 aliphatic carbocycles. The van der Waals surface area contributed by atoms with Crippen LogP contribution in [-0.4, -0.2) is 49.1 Å². The van der Waals surface area contributed by atoms with Crippen LogP contribution in [-0.2, 0) is 0 Å². The van der Waals surface area contributed by atoms with Crippen LogP contribution >= 0.6 is 0 Å². The van der Waals surface area contributed by atoms with Crippen molar-refractivity contribution in [3.8, 4) is 0 Å². The first-order valence-electron chi connectivity index (χ1n) is 6.29. The van der Waals surface area contributed by atoms with E-state index in [9.17, 15) is 0 Å². The molecule has 0 aliphatic rings. The number of nitrogens with zero attached hydrogens (tertiary/aromatic N) is 2. The van der Waals surface area contributed by atoms with Gasteiger partial charge in [0.1, 0.15) is 0 Å². The SMILES string of the molecule is CN(C)c1ccc([Te]c2ccc(N(C)C)cc2)cc1. The van der Waals surface area contributed by atoms with Crippen LogP contribution < -0.4 is 17.0 Å². The van der Waals surface area contributed by atoms with Gasteiger partial charge >= 0.3 is 126 Å². The molecular weight excluding hydrogens is 348 g/mol. The monoisotopic (exact) mass is 370 g/mol. The van der Waals surface area contributed by atoms with Crippen molar-refractivity contribution < 1.29 is 0 Å². The van der Waals surface area contributed by atoms with Gasteiger partial charge < -0.3 is 0 Å². The van der Waals surface area contributed by atoms with Crippen LogP contribution in [0.3, 0.4) is 0 Å². The second-order valence-corrected chi connectivity index (χ2v) is 8.15. The van der Waals surface area contributed by atoms with Gasteiger partial charge in [0.15, 0.2) is 0 Å². The van der Waals surface area contributed by atoms with E-state index in [-0.39, 0.29) is 20.9 Å². The van der Waals surface area contributed by atoms with Crippen LogP contribution in [0.1, 0.15) is 0 Å². The van der Waals surface area contributed by atoms with E-state index < -0.39 is 0 Å². The van der Waals surface area contributed by atoms with Crippen LogP contribution in [0.25, 0.3) is 0 Å². The summed E-state index contributed by atoms with van der Waals surface area (Å²) >= 11 is -0.267. The van der Waals surface area contributed by atoms with Gasteiger partial charge in [-0.2, -0.15) is 0 Å². The van der Waals surface area contributed by atoms with E-state index in [1.165, 1.54) is 18.6 Å². The Morgan fingerprint density at radius 1 is 0.579 bits per heavy atom. The molecule has 2 aromatic carbocycles. The molecule has 100 valence electrons. The zero-order valence-electron chi connectivity index (χ0n) is 11.9. The van der Waals surface area contributed by atoms with Crippen molar-refractivity contribution in [2.45, 2.75) is 0 Å². The Kier molecular flexibility index (Phi) is 4.74. The van der Waals surface area contributed by atoms with Crippen LogP contribution in [0.4, 0.5) is 11.4 Å². The predicted octanol–water partition coefficient (Wildman–Crippen LogP) is 1.47. The fourth-order valence-electron chi connectivity index (χ4n) is 1.76. The summed E-state index contributed by atoms with van der Waals surface area (Å²) < 4.78 is 2.96. The molecule has 0 aromatic heterocycles. The van der Waals surface area contributed by atoms with E-state index in [2.05, 4.69) is 86.5 Å². The minimum absolute atomic E-state index is 0.267. The number of benzene rings is 2. The second-order valence-electron chi connectivity index (χ2n) is 4.88. The molecule has 0 N–H and O–H groups in total. The Morgan fingerprint density at radius 3 is 1.16 bits per heavy atom. The van der Waals surface area contributed by atoms with Crippen molar-refractivity contribution in [2.24, 2.45) is 0 Å². The number of anilines is 2. The van der Waals surface area contributed by atoms with E-state index in [1.54, 1.807) is 0 Å². The summed E-state index contributed by atoms with van der Waals surface area (Å²) in [6, 6.07) is 17.9. The van der Waals surface area contributed by atoms with E-state index in [0.29, 0.717) is 0 Å². The van der Waals surface area contributed by atoms with Gasteiger partial charge in [0.05, 0.1) is 0 Å². The molecule has 0 atom stereocenters. The van der Waals surface area contributed by atoms with Gasteiger partial charge in [-0.25, -0.2) is 0 Å². The molecule has 0 unspecified atom stereocenters. The summed E-state index contributed by atoms with van der Waals surface area (Å²) in [6.07, 6.45) is 0. The Labute approximate surface area is 126 Å². The second kappa shape index (κ2) is 6.32. The Bertz CT molecular complexity index is 466. The Hall–Kier alpha value is -1.17. The average Bonchev–Trinajstić information content (AvgIpc) is 2.40. The van der Waals surface area contributed by atoms with Gasteiger partial charge in [-0.1, -0.05) is 0 Å². The summed E-state index contributed by atoms with van der Waals surface area (Å²) in [4.78, 5) is 4.27. The molecule has 0 heterocycles. The van der Waals surface area contributed by atoms with Gasteiger partial charge in [0.2, 0.25) is 0 Å². The maximum absolute atomic E-state index is 2.26. The zero-order valence-corrected chi connectivity index (χ0v) is 14.3. The van der Waals surface area contributed by atoms with Crippen LogP contribution in [0.5, 0.6) is 0 Å². The van der Waals surface area contributed by atoms with Crippen molar-refractivity contribution >= 4 is 39.5 Å². The molecule has 0 radical (unpaired) electrons. The molecule has 0 saturated heterocycles. The molecule has 3 heteroatoms. The van der Waals surface area contributed by atoms with E-state index >= 15 is 0 Å². The van der Waals surface area contributed by atoms with E-state index in [0.717, 1.165) is 0 Å². The van der Waals surface area contributed by atoms with Crippen molar-refractivity contribution in [3.63, 3.8) is 0 Å². The van der Waals surface area contributed by atoms with Crippen LogP contribution in [0.15, 0.2) is 48.5 Å². The van der Waals surface area contributed by atoms with Crippen LogP contribution in [0, 0.1) is 0 Å². The molecule has 19 heavy (non-hydrogen) atoms. The van der Waals surface area contributed by atoms with E-state index in [4.69, 9.17) is 0 Å².